The van der Waals surface area contributed by atoms with E-state index in [2.05, 4.69) is 34.6 Å². The fraction of sp³-hybridized carbons (Fsp3) is 0.200. The number of nitrogens with zero attached hydrogens (tertiary/aromatic N) is 2. The van der Waals surface area contributed by atoms with Crippen LogP contribution in [-0.4, -0.2) is 10.7 Å². The largest absolute Gasteiger partial charge is 0.261 e. The van der Waals surface area contributed by atoms with Crippen molar-refractivity contribution in [3.05, 3.63) is 59.2 Å². The lowest BCUT2D eigenvalue weighted by Gasteiger charge is -2.05. The van der Waals surface area contributed by atoms with Gasteiger partial charge in [0.2, 0.25) is 0 Å². The second-order valence-electron chi connectivity index (χ2n) is 4.17. The van der Waals surface area contributed by atoms with Crippen LogP contribution in [0.1, 0.15) is 18.9 Å². The monoisotopic (exact) mass is 273 g/mol. The van der Waals surface area contributed by atoms with E-state index in [0.717, 1.165) is 18.6 Å². The lowest BCUT2D eigenvalue weighted by Crippen LogP contribution is -2.05. The minimum Gasteiger partial charge on any atom is -0.261 e. The standard InChI is InChI=1S/C15H16ClN3/c1-2-14(10-12-6-4-3-5-7-12)18-19-15-9-8-13(16)11-17-15/h3-9,11H,2,10H2,1H3,(H,17,19). The summed E-state index contributed by atoms with van der Waals surface area (Å²) >= 11 is 5.78. The van der Waals surface area contributed by atoms with E-state index in [-0.39, 0.29) is 0 Å². The van der Waals surface area contributed by atoms with Gasteiger partial charge in [0.25, 0.3) is 0 Å². The first-order valence-electron chi connectivity index (χ1n) is 6.25. The molecule has 3 nitrogen and oxygen atoms in total. The van der Waals surface area contributed by atoms with Gasteiger partial charge in [-0.25, -0.2) is 4.98 Å². The average Bonchev–Trinajstić information content (AvgIpc) is 2.46. The van der Waals surface area contributed by atoms with Gasteiger partial charge >= 0.3 is 0 Å². The first kappa shape index (κ1) is 13.6. The minimum absolute atomic E-state index is 0.620. The van der Waals surface area contributed by atoms with Crippen molar-refractivity contribution >= 4 is 23.1 Å². The molecule has 0 saturated heterocycles. The highest BCUT2D eigenvalue weighted by Gasteiger charge is 1.99. The van der Waals surface area contributed by atoms with Crippen molar-refractivity contribution < 1.29 is 0 Å². The van der Waals surface area contributed by atoms with Gasteiger partial charge in [-0.15, -0.1) is 0 Å². The maximum atomic E-state index is 5.78. The van der Waals surface area contributed by atoms with Crippen LogP contribution in [0.5, 0.6) is 0 Å². The normalized spacial score (nSPS) is 11.4. The number of anilines is 1. The van der Waals surface area contributed by atoms with Gasteiger partial charge in [0.05, 0.1) is 5.02 Å². The van der Waals surface area contributed by atoms with E-state index in [4.69, 9.17) is 11.6 Å². The Morgan fingerprint density at radius 3 is 2.63 bits per heavy atom. The number of hydrazone groups is 1. The molecule has 0 fully saturated rings. The van der Waals surface area contributed by atoms with E-state index in [1.165, 1.54) is 5.56 Å². The molecule has 0 atom stereocenters. The van der Waals surface area contributed by atoms with Crippen LogP contribution < -0.4 is 5.43 Å². The average molecular weight is 274 g/mol. The molecule has 98 valence electrons. The second-order valence-corrected chi connectivity index (χ2v) is 4.60. The molecule has 0 aliphatic rings. The van der Waals surface area contributed by atoms with E-state index in [1.54, 1.807) is 12.3 Å². The Kier molecular flexibility index (Phi) is 4.93. The van der Waals surface area contributed by atoms with Gasteiger partial charge in [-0.2, -0.15) is 5.10 Å². The van der Waals surface area contributed by atoms with Crippen LogP contribution in [0, 0.1) is 0 Å². The lowest BCUT2D eigenvalue weighted by atomic mass is 10.1. The molecule has 2 aromatic rings. The van der Waals surface area contributed by atoms with Crippen LogP contribution in [0.2, 0.25) is 5.02 Å². The molecule has 1 heterocycles. The zero-order chi connectivity index (χ0) is 13.5. The highest BCUT2D eigenvalue weighted by atomic mass is 35.5. The molecule has 0 radical (unpaired) electrons. The number of benzene rings is 1. The predicted molar refractivity (Wildman–Crippen MR) is 80.7 cm³/mol. The summed E-state index contributed by atoms with van der Waals surface area (Å²) in [5.41, 5.74) is 5.31. The van der Waals surface area contributed by atoms with Crippen LogP contribution in [0.15, 0.2) is 53.8 Å². The third-order valence-electron chi connectivity index (χ3n) is 2.72. The summed E-state index contributed by atoms with van der Waals surface area (Å²) in [5, 5.41) is 5.02. The quantitative estimate of drug-likeness (QED) is 0.656. The molecule has 2 rings (SSSR count). The van der Waals surface area contributed by atoms with Crippen molar-refractivity contribution in [2.45, 2.75) is 19.8 Å². The van der Waals surface area contributed by atoms with Crippen LogP contribution >= 0.6 is 11.6 Å². The summed E-state index contributed by atoms with van der Waals surface area (Å²) in [7, 11) is 0. The summed E-state index contributed by atoms with van der Waals surface area (Å²) in [6.45, 7) is 2.10. The summed E-state index contributed by atoms with van der Waals surface area (Å²) in [6.07, 6.45) is 3.34. The van der Waals surface area contributed by atoms with Crippen molar-refractivity contribution in [3.8, 4) is 0 Å². The first-order valence-corrected chi connectivity index (χ1v) is 6.62. The van der Waals surface area contributed by atoms with Gasteiger partial charge in [0, 0.05) is 18.3 Å². The smallest absolute Gasteiger partial charge is 0.146 e. The Balaban J connectivity index is 2.01. The highest BCUT2D eigenvalue weighted by molar-refractivity contribution is 6.30. The first-order chi connectivity index (χ1) is 9.28. The summed E-state index contributed by atoms with van der Waals surface area (Å²) in [5.74, 6) is 0.698. The summed E-state index contributed by atoms with van der Waals surface area (Å²) in [4.78, 5) is 4.14. The molecular weight excluding hydrogens is 258 g/mol. The van der Waals surface area contributed by atoms with E-state index in [1.807, 2.05) is 24.3 Å². The molecule has 0 bridgehead atoms. The number of rotatable bonds is 5. The fourth-order valence-electron chi connectivity index (χ4n) is 1.65. The number of aromatic nitrogens is 1. The maximum Gasteiger partial charge on any atom is 0.146 e. The molecule has 0 spiro atoms. The predicted octanol–water partition coefficient (Wildman–Crippen LogP) is 4.16. The van der Waals surface area contributed by atoms with Crippen molar-refractivity contribution in [1.82, 2.24) is 4.98 Å². The van der Waals surface area contributed by atoms with Crippen LogP contribution in [0.4, 0.5) is 5.82 Å². The highest BCUT2D eigenvalue weighted by Crippen LogP contribution is 2.10. The van der Waals surface area contributed by atoms with Gasteiger partial charge in [0.15, 0.2) is 0 Å². The Labute approximate surface area is 118 Å². The number of pyridine rings is 1. The van der Waals surface area contributed by atoms with Gasteiger partial charge in [-0.05, 0) is 24.1 Å². The van der Waals surface area contributed by atoms with Crippen molar-refractivity contribution in [2.75, 3.05) is 5.43 Å². The topological polar surface area (TPSA) is 37.3 Å². The number of hydrogen-bond donors (Lipinski definition) is 1. The second kappa shape index (κ2) is 6.90. The molecule has 0 saturated carbocycles. The molecule has 1 aromatic heterocycles. The molecule has 4 heteroatoms. The van der Waals surface area contributed by atoms with Gasteiger partial charge in [0.1, 0.15) is 5.82 Å². The lowest BCUT2D eigenvalue weighted by molar-refractivity contribution is 1.13. The fourth-order valence-corrected chi connectivity index (χ4v) is 1.77. The van der Waals surface area contributed by atoms with Gasteiger partial charge in [-0.3, -0.25) is 5.43 Å². The Bertz CT molecular complexity index is 535. The van der Waals surface area contributed by atoms with Gasteiger partial charge < -0.3 is 0 Å². The van der Waals surface area contributed by atoms with E-state index in [9.17, 15) is 0 Å². The van der Waals surface area contributed by atoms with Gasteiger partial charge in [-0.1, -0.05) is 48.9 Å². The SMILES string of the molecule is CCC(Cc1ccccc1)=NNc1ccc(Cl)cn1. The zero-order valence-corrected chi connectivity index (χ0v) is 11.6. The Morgan fingerprint density at radius 1 is 1.21 bits per heavy atom. The van der Waals surface area contributed by atoms with Crippen LogP contribution in [0.3, 0.4) is 0 Å². The third-order valence-corrected chi connectivity index (χ3v) is 2.94. The zero-order valence-electron chi connectivity index (χ0n) is 10.8. The summed E-state index contributed by atoms with van der Waals surface area (Å²) in [6, 6.07) is 13.9. The van der Waals surface area contributed by atoms with E-state index >= 15 is 0 Å². The molecule has 0 unspecified atom stereocenters. The van der Waals surface area contributed by atoms with E-state index in [0.29, 0.717) is 10.8 Å². The number of hydrogen-bond acceptors (Lipinski definition) is 3. The number of halogens is 1. The third kappa shape index (κ3) is 4.38. The van der Waals surface area contributed by atoms with Crippen LogP contribution in [-0.2, 0) is 6.42 Å². The van der Waals surface area contributed by atoms with Crippen molar-refractivity contribution in [2.24, 2.45) is 5.10 Å². The molecule has 19 heavy (non-hydrogen) atoms. The van der Waals surface area contributed by atoms with Crippen molar-refractivity contribution in [3.63, 3.8) is 0 Å². The molecule has 1 aromatic carbocycles. The molecule has 0 aliphatic heterocycles. The maximum absolute atomic E-state index is 5.78. The molecular formula is C15H16ClN3. The molecule has 1 N–H and O–H groups in total. The summed E-state index contributed by atoms with van der Waals surface area (Å²) < 4.78 is 0. The molecule has 0 amide bonds. The van der Waals surface area contributed by atoms with Crippen molar-refractivity contribution in [1.29, 1.82) is 0 Å². The number of nitrogens with one attached hydrogen (secondary N) is 1. The van der Waals surface area contributed by atoms with E-state index < -0.39 is 0 Å². The Morgan fingerprint density at radius 2 is 2.00 bits per heavy atom. The van der Waals surface area contributed by atoms with Crippen LogP contribution in [0.25, 0.3) is 0 Å². The Hall–Kier alpha value is -1.87. The minimum atomic E-state index is 0.620. The molecule has 0 aliphatic carbocycles.